The lowest BCUT2D eigenvalue weighted by Gasteiger charge is -2.24. The number of nitrogens with zero attached hydrogens (tertiary/aromatic N) is 5. The number of pyridine rings is 2. The summed E-state index contributed by atoms with van der Waals surface area (Å²) in [6, 6.07) is 29.6. The topological polar surface area (TPSA) is 46.4 Å². The van der Waals surface area contributed by atoms with Crippen molar-refractivity contribution in [3.63, 3.8) is 0 Å². The average molecular weight is 530 g/mol. The monoisotopic (exact) mass is 529 g/mol. The van der Waals surface area contributed by atoms with Gasteiger partial charge in [0.15, 0.2) is 5.82 Å². The molecule has 0 bridgehead atoms. The number of anilines is 3. The maximum absolute atomic E-state index is 14.2. The molecule has 3 aromatic heterocycles. The van der Waals surface area contributed by atoms with E-state index in [0.29, 0.717) is 17.6 Å². The summed E-state index contributed by atoms with van der Waals surface area (Å²) in [7, 11) is 0. The van der Waals surface area contributed by atoms with E-state index in [1.54, 1.807) is 0 Å². The number of aryl methyl sites for hydroxylation is 1. The molecule has 0 saturated heterocycles. The third kappa shape index (κ3) is 4.02. The van der Waals surface area contributed by atoms with Crippen LogP contribution in [0.3, 0.4) is 0 Å². The number of aromatic nitrogens is 3. The normalized spacial score (nSPS) is 13.0. The van der Waals surface area contributed by atoms with Gasteiger partial charge in [0.25, 0.3) is 0 Å². The van der Waals surface area contributed by atoms with Gasteiger partial charge in [-0.05, 0) is 69.3 Å². The van der Waals surface area contributed by atoms with Crippen molar-refractivity contribution in [3.05, 3.63) is 109 Å². The lowest BCUT2D eigenvalue weighted by molar-refractivity contribution is 0.483. The molecule has 6 aromatic rings. The van der Waals surface area contributed by atoms with Crippen LogP contribution in [-0.4, -0.2) is 27.2 Å². The van der Waals surface area contributed by atoms with E-state index in [0.717, 1.165) is 57.1 Å². The van der Waals surface area contributed by atoms with Crippen LogP contribution in [0.2, 0.25) is 0 Å². The fourth-order valence-electron chi connectivity index (χ4n) is 5.53. The molecule has 0 amide bonds. The molecular weight excluding hydrogens is 501 g/mol. The number of para-hydroxylation sites is 1. The van der Waals surface area contributed by atoms with E-state index in [9.17, 15) is 4.39 Å². The summed E-state index contributed by atoms with van der Waals surface area (Å²) in [5.41, 5.74) is 4.99. The number of ether oxygens (including phenoxy) is 1. The van der Waals surface area contributed by atoms with E-state index in [-0.39, 0.29) is 5.82 Å². The van der Waals surface area contributed by atoms with Gasteiger partial charge >= 0.3 is 0 Å². The Bertz CT molecular complexity index is 1900. The summed E-state index contributed by atoms with van der Waals surface area (Å²) in [4.78, 5) is 13.9. The summed E-state index contributed by atoms with van der Waals surface area (Å²) in [6.07, 6.45) is 1.49. The fourth-order valence-corrected chi connectivity index (χ4v) is 5.53. The second-order valence-corrected chi connectivity index (χ2v) is 10.4. The van der Waals surface area contributed by atoms with Gasteiger partial charge in [0.1, 0.15) is 23.1 Å². The molecule has 0 radical (unpaired) electrons. The van der Waals surface area contributed by atoms with E-state index in [1.165, 1.54) is 18.3 Å². The van der Waals surface area contributed by atoms with E-state index in [1.807, 2.05) is 60.0 Å². The molecular formula is C33H28FN5O. The van der Waals surface area contributed by atoms with E-state index in [4.69, 9.17) is 9.72 Å². The minimum atomic E-state index is -0.329. The quantitative estimate of drug-likeness (QED) is 0.226. The zero-order chi connectivity index (χ0) is 27.4. The van der Waals surface area contributed by atoms with Crippen molar-refractivity contribution in [1.82, 2.24) is 14.5 Å². The van der Waals surface area contributed by atoms with Crippen LogP contribution in [-0.2, 0) is 0 Å². The smallest absolute Gasteiger partial charge is 0.158 e. The van der Waals surface area contributed by atoms with Gasteiger partial charge in [-0.3, -0.25) is 4.57 Å². The first-order valence-electron chi connectivity index (χ1n) is 13.4. The van der Waals surface area contributed by atoms with Crippen LogP contribution in [0.1, 0.15) is 19.5 Å². The first-order valence-corrected chi connectivity index (χ1v) is 13.4. The number of fused-ring (bicyclic) bond motifs is 4. The fraction of sp³-hybridized carbons (Fsp3) is 0.152. The highest BCUT2D eigenvalue weighted by Gasteiger charge is 2.30. The van der Waals surface area contributed by atoms with Crippen LogP contribution < -0.4 is 14.5 Å². The zero-order valence-electron chi connectivity index (χ0n) is 22.5. The van der Waals surface area contributed by atoms with Gasteiger partial charge in [0.2, 0.25) is 0 Å². The Kier molecular flexibility index (Phi) is 5.66. The Morgan fingerprint density at radius 3 is 2.50 bits per heavy atom. The van der Waals surface area contributed by atoms with E-state index in [2.05, 4.69) is 59.0 Å². The summed E-state index contributed by atoms with van der Waals surface area (Å²) in [5.74, 6) is 2.56. The molecule has 6 nitrogen and oxygen atoms in total. The Balaban J connectivity index is 1.28. The third-order valence-electron chi connectivity index (χ3n) is 7.42. The summed E-state index contributed by atoms with van der Waals surface area (Å²) < 4.78 is 22.6. The van der Waals surface area contributed by atoms with Crippen LogP contribution in [0.25, 0.3) is 27.6 Å². The van der Waals surface area contributed by atoms with Crippen molar-refractivity contribution in [2.24, 2.45) is 0 Å². The molecule has 0 atom stereocenters. The molecule has 7 heteroatoms. The molecule has 7 rings (SSSR count). The number of rotatable bonds is 5. The first-order chi connectivity index (χ1) is 19.5. The van der Waals surface area contributed by atoms with Crippen molar-refractivity contribution >= 4 is 39.0 Å². The lowest BCUT2D eigenvalue weighted by atomic mass is 10.1. The number of benzene rings is 3. The highest BCUT2D eigenvalue weighted by Crippen LogP contribution is 2.41. The summed E-state index contributed by atoms with van der Waals surface area (Å²) >= 11 is 0. The first kappa shape index (κ1) is 24.2. The Morgan fingerprint density at radius 2 is 1.65 bits per heavy atom. The second kappa shape index (κ2) is 9.38. The second-order valence-electron chi connectivity index (χ2n) is 10.4. The highest BCUT2D eigenvalue weighted by molar-refractivity contribution is 6.09. The molecule has 0 spiro atoms. The lowest BCUT2D eigenvalue weighted by Crippen LogP contribution is -2.33. The standard InChI is InChI=1S/C33H28FN5O/c1-21(2)37-20-38(33-30(37)14-11-22(3)36-33)24-7-6-8-25(18-24)40-26-12-13-28-27-9-4-5-10-29(27)39(31(28)19-26)32-17-23(34)15-16-35-32/h4-19,21H,20H2,1-3H3. The molecule has 3 aromatic carbocycles. The predicted molar refractivity (Wildman–Crippen MR) is 159 cm³/mol. The Labute approximate surface area is 231 Å². The SMILES string of the molecule is Cc1ccc2c(n1)N(c1cccc(Oc3ccc4c5ccccc5n(-c5cc(F)ccn5)c4c3)c1)CN2C(C)C. The van der Waals surface area contributed by atoms with Crippen LogP contribution >= 0.6 is 0 Å². The van der Waals surface area contributed by atoms with E-state index >= 15 is 0 Å². The molecule has 0 fully saturated rings. The van der Waals surface area contributed by atoms with Crippen molar-refractivity contribution in [1.29, 1.82) is 0 Å². The Morgan fingerprint density at radius 1 is 0.825 bits per heavy atom. The zero-order valence-corrected chi connectivity index (χ0v) is 22.5. The molecule has 1 aliphatic heterocycles. The minimum Gasteiger partial charge on any atom is -0.457 e. The van der Waals surface area contributed by atoms with Crippen LogP contribution in [0.5, 0.6) is 11.5 Å². The maximum atomic E-state index is 14.2. The van der Waals surface area contributed by atoms with Crippen molar-refractivity contribution in [2.75, 3.05) is 16.5 Å². The average Bonchev–Trinajstić information content (AvgIpc) is 3.49. The largest absolute Gasteiger partial charge is 0.457 e. The molecule has 0 N–H and O–H groups in total. The Hall–Kier alpha value is -4.91. The summed E-state index contributed by atoms with van der Waals surface area (Å²) in [5, 5.41) is 2.12. The van der Waals surface area contributed by atoms with Crippen LogP contribution in [0, 0.1) is 12.7 Å². The molecule has 198 valence electrons. The number of hydrogen-bond donors (Lipinski definition) is 0. The maximum Gasteiger partial charge on any atom is 0.158 e. The molecule has 0 unspecified atom stereocenters. The molecule has 0 aliphatic carbocycles. The number of halogens is 1. The summed E-state index contributed by atoms with van der Waals surface area (Å²) in [6.45, 7) is 7.13. The van der Waals surface area contributed by atoms with Crippen molar-refractivity contribution in [3.8, 4) is 17.3 Å². The van der Waals surface area contributed by atoms with Gasteiger partial charge in [-0.15, -0.1) is 0 Å². The highest BCUT2D eigenvalue weighted by atomic mass is 19.1. The van der Waals surface area contributed by atoms with Crippen molar-refractivity contribution < 1.29 is 9.13 Å². The van der Waals surface area contributed by atoms with Gasteiger partial charge in [0, 0.05) is 52.6 Å². The number of hydrogen-bond acceptors (Lipinski definition) is 5. The van der Waals surface area contributed by atoms with Gasteiger partial charge in [-0.25, -0.2) is 14.4 Å². The molecule has 40 heavy (non-hydrogen) atoms. The predicted octanol–water partition coefficient (Wildman–Crippen LogP) is 8.14. The van der Waals surface area contributed by atoms with Gasteiger partial charge in [0.05, 0.1) is 23.4 Å². The van der Waals surface area contributed by atoms with E-state index < -0.39 is 0 Å². The van der Waals surface area contributed by atoms with Crippen LogP contribution in [0.4, 0.5) is 21.6 Å². The molecule has 4 heterocycles. The molecule has 1 aliphatic rings. The third-order valence-corrected chi connectivity index (χ3v) is 7.42. The van der Waals surface area contributed by atoms with Crippen molar-refractivity contribution in [2.45, 2.75) is 26.8 Å². The van der Waals surface area contributed by atoms with Gasteiger partial charge in [-0.1, -0.05) is 24.3 Å². The van der Waals surface area contributed by atoms with Gasteiger partial charge < -0.3 is 14.5 Å². The molecule has 0 saturated carbocycles. The van der Waals surface area contributed by atoms with Crippen LogP contribution in [0.15, 0.2) is 97.2 Å². The minimum absolute atomic E-state index is 0.329. The van der Waals surface area contributed by atoms with Gasteiger partial charge in [-0.2, -0.15) is 0 Å².